The van der Waals surface area contributed by atoms with Crippen LogP contribution in [0.15, 0.2) is 28.4 Å². The lowest BCUT2D eigenvalue weighted by molar-refractivity contribution is -0.124. The summed E-state index contributed by atoms with van der Waals surface area (Å²) in [6, 6.07) is 5.07. The van der Waals surface area contributed by atoms with Gasteiger partial charge in [-0.15, -0.1) is 6.42 Å². The molecule has 2 aliphatic rings. The predicted molar refractivity (Wildman–Crippen MR) is 98.7 cm³/mol. The van der Waals surface area contributed by atoms with Gasteiger partial charge in [-0.3, -0.25) is 9.69 Å². The number of urea groups is 1. The smallest absolute Gasteiger partial charge is 0.329 e. The molecule has 5 nitrogen and oxygen atoms in total. The van der Waals surface area contributed by atoms with Gasteiger partial charge in [-0.25, -0.2) is 4.79 Å². The van der Waals surface area contributed by atoms with Crippen LogP contribution in [-0.4, -0.2) is 29.5 Å². The fraction of sp³-hybridized carbons (Fsp3) is 0.368. The first-order valence-electron chi connectivity index (χ1n) is 8.32. The van der Waals surface area contributed by atoms with Crippen molar-refractivity contribution < 1.29 is 14.3 Å². The van der Waals surface area contributed by atoms with Gasteiger partial charge in [-0.05, 0) is 37.1 Å². The fourth-order valence-electron chi connectivity index (χ4n) is 3.26. The maximum atomic E-state index is 12.7. The lowest BCUT2D eigenvalue weighted by Crippen LogP contribution is -2.41. The van der Waals surface area contributed by atoms with Crippen LogP contribution in [0.5, 0.6) is 5.75 Å². The van der Waals surface area contributed by atoms with E-state index in [0.717, 1.165) is 36.6 Å². The van der Waals surface area contributed by atoms with Gasteiger partial charge in [-0.1, -0.05) is 41.1 Å². The van der Waals surface area contributed by atoms with Gasteiger partial charge in [0.2, 0.25) is 0 Å². The van der Waals surface area contributed by atoms with Gasteiger partial charge in [0, 0.05) is 16.1 Å². The molecule has 0 atom stereocenters. The third-order valence-electron chi connectivity index (χ3n) is 4.43. The summed E-state index contributed by atoms with van der Waals surface area (Å²) in [6.07, 6.45) is 11.9. The summed E-state index contributed by atoms with van der Waals surface area (Å²) in [4.78, 5) is 26.4. The number of carbonyl (C=O) groups is 2. The molecule has 25 heavy (non-hydrogen) atoms. The summed E-state index contributed by atoms with van der Waals surface area (Å²) in [5, 5.41) is 2.69. The van der Waals surface area contributed by atoms with E-state index >= 15 is 0 Å². The molecule has 3 rings (SSSR count). The number of halogens is 1. The number of rotatable bonds is 4. The van der Waals surface area contributed by atoms with Crippen molar-refractivity contribution >= 4 is 33.9 Å². The Morgan fingerprint density at radius 3 is 2.80 bits per heavy atom. The Hall–Kier alpha value is -2.26. The fourth-order valence-corrected chi connectivity index (χ4v) is 3.64. The highest BCUT2D eigenvalue weighted by atomic mass is 79.9. The van der Waals surface area contributed by atoms with Crippen molar-refractivity contribution in [2.75, 3.05) is 6.61 Å². The maximum Gasteiger partial charge on any atom is 0.329 e. The lowest BCUT2D eigenvalue weighted by atomic mass is 9.94. The van der Waals surface area contributed by atoms with E-state index in [-0.39, 0.29) is 30.3 Å². The highest BCUT2D eigenvalue weighted by Gasteiger charge is 2.39. The van der Waals surface area contributed by atoms with E-state index in [2.05, 4.69) is 27.2 Å². The number of hydrogen-bond acceptors (Lipinski definition) is 3. The molecule has 1 N–H and O–H groups in total. The van der Waals surface area contributed by atoms with Crippen LogP contribution < -0.4 is 10.1 Å². The number of hydrogen-bond donors (Lipinski definition) is 1. The second-order valence-electron chi connectivity index (χ2n) is 6.13. The first kappa shape index (κ1) is 17.6. The third-order valence-corrected chi connectivity index (χ3v) is 4.93. The van der Waals surface area contributed by atoms with Crippen LogP contribution in [0.1, 0.15) is 37.7 Å². The monoisotopic (exact) mass is 402 g/mol. The van der Waals surface area contributed by atoms with Crippen molar-refractivity contribution in [3.05, 3.63) is 33.9 Å². The van der Waals surface area contributed by atoms with Crippen molar-refractivity contribution in [1.29, 1.82) is 0 Å². The molecule has 0 aromatic heterocycles. The van der Waals surface area contributed by atoms with E-state index in [9.17, 15) is 9.59 Å². The Morgan fingerprint density at radius 2 is 2.08 bits per heavy atom. The molecule has 1 saturated heterocycles. The maximum absolute atomic E-state index is 12.7. The highest BCUT2D eigenvalue weighted by molar-refractivity contribution is 9.10. The summed E-state index contributed by atoms with van der Waals surface area (Å²) < 4.78 is 6.36. The molecular formula is C19H19BrN2O3. The van der Waals surface area contributed by atoms with Crippen molar-refractivity contribution in [2.45, 2.75) is 38.1 Å². The minimum absolute atomic E-state index is 0.00757. The lowest BCUT2D eigenvalue weighted by Gasteiger charge is -2.28. The average Bonchev–Trinajstić information content (AvgIpc) is 2.88. The molecule has 1 aliphatic carbocycles. The van der Waals surface area contributed by atoms with Gasteiger partial charge < -0.3 is 10.1 Å². The second-order valence-corrected chi connectivity index (χ2v) is 7.05. The van der Waals surface area contributed by atoms with Crippen molar-refractivity contribution in [3.8, 4) is 18.1 Å². The Bertz CT molecular complexity index is 760. The topological polar surface area (TPSA) is 58.6 Å². The van der Waals surface area contributed by atoms with E-state index in [0.29, 0.717) is 11.3 Å². The summed E-state index contributed by atoms with van der Waals surface area (Å²) in [6.45, 7) is 0.131. The molecule has 0 radical (unpaired) electrons. The zero-order valence-electron chi connectivity index (χ0n) is 13.8. The van der Waals surface area contributed by atoms with Gasteiger partial charge in [0.05, 0.1) is 0 Å². The van der Waals surface area contributed by atoms with Gasteiger partial charge in [0.1, 0.15) is 18.1 Å². The zero-order valence-corrected chi connectivity index (χ0v) is 15.3. The third kappa shape index (κ3) is 3.88. The van der Waals surface area contributed by atoms with E-state index < -0.39 is 0 Å². The summed E-state index contributed by atoms with van der Waals surface area (Å²) >= 11 is 3.41. The number of imide groups is 1. The number of benzene rings is 1. The van der Waals surface area contributed by atoms with Gasteiger partial charge in [-0.2, -0.15) is 0 Å². The minimum atomic E-state index is -0.343. The molecule has 0 bridgehead atoms. The van der Waals surface area contributed by atoms with Crippen LogP contribution in [0.2, 0.25) is 0 Å². The Labute approximate surface area is 155 Å². The molecule has 3 amide bonds. The molecule has 0 unspecified atom stereocenters. The first-order valence-corrected chi connectivity index (χ1v) is 9.11. The van der Waals surface area contributed by atoms with Crippen LogP contribution in [0, 0.1) is 12.3 Å². The second kappa shape index (κ2) is 7.75. The van der Waals surface area contributed by atoms with Gasteiger partial charge in [0.25, 0.3) is 5.91 Å². The normalized spacial score (nSPS) is 19.8. The molecule has 1 aromatic rings. The molecule has 1 heterocycles. The van der Waals surface area contributed by atoms with Crippen LogP contribution >= 0.6 is 15.9 Å². The average molecular weight is 403 g/mol. The number of ether oxygens (including phenoxy) is 1. The van der Waals surface area contributed by atoms with E-state index in [1.165, 1.54) is 4.90 Å². The Balaban J connectivity index is 1.87. The SMILES string of the molecule is C#CCOc1ccc(Br)cc1/C=C1\NC(=O)N(C2CCCCC2)C1=O. The van der Waals surface area contributed by atoms with E-state index in [1.54, 1.807) is 12.1 Å². The largest absolute Gasteiger partial charge is 0.480 e. The van der Waals surface area contributed by atoms with Crippen LogP contribution in [0.3, 0.4) is 0 Å². The predicted octanol–water partition coefficient (Wildman–Crippen LogP) is 3.69. The standard InChI is InChI=1S/C19H19BrN2O3/c1-2-10-25-17-9-8-14(20)11-13(17)12-16-18(23)22(19(24)21-16)15-6-4-3-5-7-15/h1,8-9,11-12,15H,3-7,10H2,(H,21,24)/b16-12-. The Kier molecular flexibility index (Phi) is 5.44. The zero-order chi connectivity index (χ0) is 17.8. The Morgan fingerprint density at radius 1 is 1.32 bits per heavy atom. The number of carbonyl (C=O) groups excluding carboxylic acids is 2. The number of terminal acetylenes is 1. The molecule has 1 aromatic carbocycles. The molecule has 1 aliphatic heterocycles. The molecule has 2 fully saturated rings. The summed E-state index contributed by atoms with van der Waals surface area (Å²) in [5.41, 5.74) is 0.943. The van der Waals surface area contributed by atoms with E-state index in [4.69, 9.17) is 11.2 Å². The molecule has 6 heteroatoms. The molecular weight excluding hydrogens is 384 g/mol. The highest BCUT2D eigenvalue weighted by Crippen LogP contribution is 2.29. The van der Waals surface area contributed by atoms with Crippen molar-refractivity contribution in [1.82, 2.24) is 10.2 Å². The number of nitrogens with one attached hydrogen (secondary N) is 1. The number of nitrogens with zero attached hydrogens (tertiary/aromatic N) is 1. The number of amides is 3. The summed E-state index contributed by atoms with van der Waals surface area (Å²) in [7, 11) is 0. The van der Waals surface area contributed by atoms with Crippen LogP contribution in [0.25, 0.3) is 6.08 Å². The minimum Gasteiger partial charge on any atom is -0.480 e. The first-order chi connectivity index (χ1) is 12.1. The quantitative estimate of drug-likeness (QED) is 0.474. The van der Waals surface area contributed by atoms with Gasteiger partial charge in [0.15, 0.2) is 0 Å². The molecule has 0 spiro atoms. The van der Waals surface area contributed by atoms with Crippen molar-refractivity contribution in [3.63, 3.8) is 0 Å². The molecule has 1 saturated carbocycles. The van der Waals surface area contributed by atoms with Crippen LogP contribution in [-0.2, 0) is 4.79 Å². The van der Waals surface area contributed by atoms with E-state index in [1.807, 2.05) is 12.1 Å². The van der Waals surface area contributed by atoms with Crippen molar-refractivity contribution in [2.24, 2.45) is 0 Å². The molecule has 130 valence electrons. The van der Waals surface area contributed by atoms with Crippen LogP contribution in [0.4, 0.5) is 4.79 Å². The summed E-state index contributed by atoms with van der Waals surface area (Å²) in [5.74, 6) is 2.70. The van der Waals surface area contributed by atoms with Gasteiger partial charge >= 0.3 is 6.03 Å².